The summed E-state index contributed by atoms with van der Waals surface area (Å²) in [4.78, 5) is 12.1. The molecule has 1 rings (SSSR count). The molecule has 0 aliphatic carbocycles. The molecule has 0 radical (unpaired) electrons. The van der Waals surface area contributed by atoms with Gasteiger partial charge in [0.1, 0.15) is 0 Å². The molecule has 16 heavy (non-hydrogen) atoms. The van der Waals surface area contributed by atoms with Gasteiger partial charge in [-0.25, -0.2) is 0 Å². The molecule has 0 bridgehead atoms. The number of rotatable bonds is 5. The summed E-state index contributed by atoms with van der Waals surface area (Å²) in [6.07, 6.45) is 2.78. The van der Waals surface area contributed by atoms with Gasteiger partial charge < -0.3 is 0 Å². The predicted octanol–water partition coefficient (Wildman–Crippen LogP) is 4.66. The van der Waals surface area contributed by atoms with Gasteiger partial charge in [-0.3, -0.25) is 4.79 Å². The molecule has 0 aromatic heterocycles. The number of halogens is 1. The van der Waals surface area contributed by atoms with Gasteiger partial charge >= 0.3 is 0 Å². The van der Waals surface area contributed by atoms with E-state index in [1.54, 1.807) is 6.07 Å². The van der Waals surface area contributed by atoms with E-state index in [2.05, 4.69) is 13.8 Å². The lowest BCUT2D eigenvalue weighted by Crippen LogP contribution is -2.08. The summed E-state index contributed by atoms with van der Waals surface area (Å²) in [6, 6.07) is 5.47. The first-order chi connectivity index (χ1) is 7.58. The van der Waals surface area contributed by atoms with Gasteiger partial charge in [0.2, 0.25) is 0 Å². The minimum Gasteiger partial charge on any atom is -0.294 e. The SMILES string of the molecule is CCC(CC)CC(=O)c1ccc(Cl)cc1C. The van der Waals surface area contributed by atoms with Gasteiger partial charge in [0, 0.05) is 17.0 Å². The monoisotopic (exact) mass is 238 g/mol. The number of benzene rings is 1. The van der Waals surface area contributed by atoms with E-state index >= 15 is 0 Å². The van der Waals surface area contributed by atoms with Crippen LogP contribution in [0.3, 0.4) is 0 Å². The Hall–Kier alpha value is -0.820. The summed E-state index contributed by atoms with van der Waals surface area (Å²) >= 11 is 5.87. The fraction of sp³-hybridized carbons (Fsp3) is 0.500. The van der Waals surface area contributed by atoms with Crippen molar-refractivity contribution in [3.63, 3.8) is 0 Å². The second-order valence-corrected chi connectivity index (χ2v) is 4.71. The molecule has 0 saturated heterocycles. The Morgan fingerprint density at radius 3 is 2.44 bits per heavy atom. The molecular formula is C14H19ClO. The van der Waals surface area contributed by atoms with Crippen molar-refractivity contribution in [2.24, 2.45) is 5.92 Å². The van der Waals surface area contributed by atoms with Crippen LogP contribution < -0.4 is 0 Å². The van der Waals surface area contributed by atoms with Crippen LogP contribution >= 0.6 is 11.6 Å². The molecule has 0 atom stereocenters. The highest BCUT2D eigenvalue weighted by atomic mass is 35.5. The van der Waals surface area contributed by atoms with E-state index < -0.39 is 0 Å². The topological polar surface area (TPSA) is 17.1 Å². The van der Waals surface area contributed by atoms with Crippen molar-refractivity contribution in [3.8, 4) is 0 Å². The molecule has 0 saturated carbocycles. The summed E-state index contributed by atoms with van der Waals surface area (Å²) in [6.45, 7) is 6.21. The van der Waals surface area contributed by atoms with E-state index in [-0.39, 0.29) is 5.78 Å². The van der Waals surface area contributed by atoms with Crippen LogP contribution in [0, 0.1) is 12.8 Å². The maximum atomic E-state index is 12.1. The van der Waals surface area contributed by atoms with Gasteiger partial charge in [-0.15, -0.1) is 0 Å². The van der Waals surface area contributed by atoms with E-state index in [0.717, 1.165) is 24.0 Å². The highest BCUT2D eigenvalue weighted by Crippen LogP contribution is 2.20. The Morgan fingerprint density at radius 1 is 1.31 bits per heavy atom. The average molecular weight is 239 g/mol. The molecule has 2 heteroatoms. The van der Waals surface area contributed by atoms with Crippen molar-refractivity contribution >= 4 is 17.4 Å². The van der Waals surface area contributed by atoms with E-state index in [4.69, 9.17) is 11.6 Å². The van der Waals surface area contributed by atoms with Crippen molar-refractivity contribution < 1.29 is 4.79 Å². The normalized spacial score (nSPS) is 10.8. The lowest BCUT2D eigenvalue weighted by molar-refractivity contribution is 0.0958. The van der Waals surface area contributed by atoms with Gasteiger partial charge in [-0.2, -0.15) is 0 Å². The minimum absolute atomic E-state index is 0.239. The van der Waals surface area contributed by atoms with Crippen LogP contribution in [0.2, 0.25) is 5.02 Å². The molecule has 0 spiro atoms. The number of hydrogen-bond acceptors (Lipinski definition) is 1. The highest BCUT2D eigenvalue weighted by molar-refractivity contribution is 6.30. The summed E-state index contributed by atoms with van der Waals surface area (Å²) in [5.74, 6) is 0.741. The summed E-state index contributed by atoms with van der Waals surface area (Å²) in [5, 5.41) is 0.691. The van der Waals surface area contributed by atoms with Crippen LogP contribution in [0.25, 0.3) is 0 Å². The van der Waals surface area contributed by atoms with Crippen LogP contribution in [0.15, 0.2) is 18.2 Å². The average Bonchev–Trinajstić information content (AvgIpc) is 2.25. The number of carbonyl (C=O) groups is 1. The molecule has 1 aromatic carbocycles. The molecular weight excluding hydrogens is 220 g/mol. The van der Waals surface area contributed by atoms with E-state index in [1.165, 1.54) is 0 Å². The number of hydrogen-bond donors (Lipinski definition) is 0. The number of Topliss-reactive ketones (excluding diaryl/α,β-unsaturated/α-hetero) is 1. The molecule has 0 aliphatic heterocycles. The van der Waals surface area contributed by atoms with Crippen molar-refractivity contribution in [2.45, 2.75) is 40.0 Å². The maximum Gasteiger partial charge on any atom is 0.163 e. The Bertz CT molecular complexity index is 367. The van der Waals surface area contributed by atoms with E-state index in [0.29, 0.717) is 17.4 Å². The first-order valence-corrected chi connectivity index (χ1v) is 6.25. The molecule has 0 heterocycles. The fourth-order valence-corrected chi connectivity index (χ4v) is 2.12. The smallest absolute Gasteiger partial charge is 0.163 e. The molecule has 0 fully saturated rings. The molecule has 0 amide bonds. The summed E-state index contributed by atoms with van der Waals surface area (Å²) in [7, 11) is 0. The predicted molar refractivity (Wildman–Crippen MR) is 69.2 cm³/mol. The van der Waals surface area contributed by atoms with E-state index in [1.807, 2.05) is 19.1 Å². The third-order valence-electron chi connectivity index (χ3n) is 3.12. The molecule has 88 valence electrons. The Kier molecular flexibility index (Phi) is 5.01. The van der Waals surface area contributed by atoms with Crippen molar-refractivity contribution in [1.82, 2.24) is 0 Å². The van der Waals surface area contributed by atoms with Crippen LogP contribution in [-0.2, 0) is 0 Å². The lowest BCUT2D eigenvalue weighted by Gasteiger charge is -2.12. The Morgan fingerprint density at radius 2 is 1.94 bits per heavy atom. The minimum atomic E-state index is 0.239. The largest absolute Gasteiger partial charge is 0.294 e. The number of aryl methyl sites for hydroxylation is 1. The Labute approximate surface area is 103 Å². The summed E-state index contributed by atoms with van der Waals surface area (Å²) in [5.41, 5.74) is 1.79. The zero-order valence-corrected chi connectivity index (χ0v) is 11.0. The highest BCUT2D eigenvalue weighted by Gasteiger charge is 2.14. The van der Waals surface area contributed by atoms with Crippen LogP contribution in [0.4, 0.5) is 0 Å². The zero-order chi connectivity index (χ0) is 12.1. The van der Waals surface area contributed by atoms with Gasteiger partial charge in [0.15, 0.2) is 5.78 Å². The van der Waals surface area contributed by atoms with Crippen LogP contribution in [-0.4, -0.2) is 5.78 Å². The van der Waals surface area contributed by atoms with Crippen LogP contribution in [0.1, 0.15) is 49.0 Å². The van der Waals surface area contributed by atoms with Crippen molar-refractivity contribution in [1.29, 1.82) is 0 Å². The zero-order valence-electron chi connectivity index (χ0n) is 10.2. The van der Waals surface area contributed by atoms with Gasteiger partial charge in [-0.1, -0.05) is 38.3 Å². The molecule has 1 aromatic rings. The van der Waals surface area contributed by atoms with Crippen molar-refractivity contribution in [3.05, 3.63) is 34.3 Å². The first-order valence-electron chi connectivity index (χ1n) is 5.87. The standard InChI is InChI=1S/C14H19ClO/c1-4-11(5-2)9-14(16)13-7-6-12(15)8-10(13)3/h6-8,11H,4-5,9H2,1-3H3. The molecule has 0 unspecified atom stereocenters. The Balaban J connectivity index is 2.80. The van der Waals surface area contributed by atoms with Gasteiger partial charge in [0.25, 0.3) is 0 Å². The maximum absolute atomic E-state index is 12.1. The summed E-state index contributed by atoms with van der Waals surface area (Å²) < 4.78 is 0. The molecule has 0 N–H and O–H groups in total. The third kappa shape index (κ3) is 3.34. The van der Waals surface area contributed by atoms with Crippen molar-refractivity contribution in [2.75, 3.05) is 0 Å². The number of ketones is 1. The quantitative estimate of drug-likeness (QED) is 0.682. The van der Waals surface area contributed by atoms with Crippen LogP contribution in [0.5, 0.6) is 0 Å². The second-order valence-electron chi connectivity index (χ2n) is 4.27. The fourth-order valence-electron chi connectivity index (χ4n) is 1.89. The van der Waals surface area contributed by atoms with E-state index in [9.17, 15) is 4.79 Å². The number of carbonyl (C=O) groups excluding carboxylic acids is 1. The lowest BCUT2D eigenvalue weighted by atomic mass is 9.92. The third-order valence-corrected chi connectivity index (χ3v) is 3.35. The second kappa shape index (κ2) is 6.05. The van der Waals surface area contributed by atoms with Gasteiger partial charge in [0.05, 0.1) is 0 Å². The first kappa shape index (κ1) is 13.2. The molecule has 0 aliphatic rings. The molecule has 1 nitrogen and oxygen atoms in total. The van der Waals surface area contributed by atoms with Gasteiger partial charge in [-0.05, 0) is 36.6 Å².